The lowest BCUT2D eigenvalue weighted by molar-refractivity contribution is -0.136. The fourth-order valence-corrected chi connectivity index (χ4v) is 2.13. The van der Waals surface area contributed by atoms with Crippen LogP contribution in [0.2, 0.25) is 0 Å². The van der Waals surface area contributed by atoms with Crippen molar-refractivity contribution in [2.24, 2.45) is 0 Å². The molecule has 1 aromatic heterocycles. The van der Waals surface area contributed by atoms with Crippen molar-refractivity contribution in [3.63, 3.8) is 0 Å². The summed E-state index contributed by atoms with van der Waals surface area (Å²) in [5.74, 6) is -0.312. The topological polar surface area (TPSA) is 51.6 Å². The second-order valence-corrected chi connectivity index (χ2v) is 4.34. The molecule has 2 aromatic rings. The molecule has 0 spiro atoms. The molecule has 0 aliphatic carbocycles. The molecule has 0 amide bonds. The van der Waals surface area contributed by atoms with Gasteiger partial charge in [0.15, 0.2) is 0 Å². The number of phenols is 1. The average molecular weight is 285 g/mol. The first kappa shape index (κ1) is 13.1. The van der Waals surface area contributed by atoms with Gasteiger partial charge in [-0.25, -0.2) is 4.98 Å². The highest BCUT2D eigenvalue weighted by molar-refractivity contribution is 5.87. The van der Waals surface area contributed by atoms with E-state index in [1.54, 1.807) is 0 Å². The van der Waals surface area contributed by atoms with Crippen LogP contribution in [-0.4, -0.2) is 23.3 Å². The van der Waals surface area contributed by atoms with Crippen molar-refractivity contribution < 1.29 is 27.8 Å². The van der Waals surface area contributed by atoms with Crippen molar-refractivity contribution in [1.82, 2.24) is 4.98 Å². The largest absolute Gasteiger partial charge is 0.506 e. The Labute approximate surface area is 111 Å². The minimum absolute atomic E-state index is 0.114. The van der Waals surface area contributed by atoms with Gasteiger partial charge in [0.05, 0.1) is 24.5 Å². The number of aromatic hydroxyl groups is 1. The van der Waals surface area contributed by atoms with Crippen molar-refractivity contribution in [3.8, 4) is 5.75 Å². The summed E-state index contributed by atoms with van der Waals surface area (Å²) in [6.07, 6.45) is -5.21. The van der Waals surface area contributed by atoms with Crippen LogP contribution in [0.5, 0.6) is 5.75 Å². The number of aromatic nitrogens is 1. The number of benzene rings is 1. The maximum atomic E-state index is 12.9. The Hall–Kier alpha value is -1.86. The fraction of sp³-hybridized carbons (Fsp3) is 0.308. The van der Waals surface area contributed by atoms with Crippen LogP contribution in [0.3, 0.4) is 0 Å². The first-order valence-corrected chi connectivity index (χ1v) is 5.90. The predicted molar refractivity (Wildman–Crippen MR) is 63.1 cm³/mol. The lowest BCUT2D eigenvalue weighted by atomic mass is 10.1. The molecule has 1 aliphatic heterocycles. The lowest BCUT2D eigenvalue weighted by Crippen LogP contribution is -2.07. The first-order valence-electron chi connectivity index (χ1n) is 5.90. The van der Waals surface area contributed by atoms with Gasteiger partial charge in [0, 0.05) is 5.39 Å². The maximum absolute atomic E-state index is 12.9. The summed E-state index contributed by atoms with van der Waals surface area (Å²) in [6, 6.07) is 4.50. The van der Waals surface area contributed by atoms with Gasteiger partial charge in [-0.15, -0.1) is 0 Å². The van der Waals surface area contributed by atoms with Crippen LogP contribution in [0.15, 0.2) is 24.3 Å². The van der Waals surface area contributed by atoms with Crippen LogP contribution >= 0.6 is 0 Å². The summed E-state index contributed by atoms with van der Waals surface area (Å²) in [7, 11) is 0. The van der Waals surface area contributed by atoms with E-state index >= 15 is 0 Å². The number of hydrogen-bond donors (Lipinski definition) is 1. The van der Waals surface area contributed by atoms with E-state index in [0.29, 0.717) is 18.9 Å². The Morgan fingerprint density at radius 3 is 2.45 bits per heavy atom. The number of ether oxygens (including phenoxy) is 2. The molecule has 4 nitrogen and oxygen atoms in total. The number of rotatable bonds is 1. The third-order valence-electron chi connectivity index (χ3n) is 3.03. The van der Waals surface area contributed by atoms with Crippen LogP contribution in [0.25, 0.3) is 10.9 Å². The summed E-state index contributed by atoms with van der Waals surface area (Å²) in [5.41, 5.74) is -0.612. The Kier molecular flexibility index (Phi) is 3.02. The zero-order chi connectivity index (χ0) is 14.3. The van der Waals surface area contributed by atoms with Crippen LogP contribution in [0.4, 0.5) is 13.2 Å². The van der Waals surface area contributed by atoms with E-state index < -0.39 is 18.0 Å². The van der Waals surface area contributed by atoms with Gasteiger partial charge in [-0.05, 0) is 18.2 Å². The minimum atomic E-state index is -4.50. The number of hydrogen-bond acceptors (Lipinski definition) is 4. The van der Waals surface area contributed by atoms with Gasteiger partial charge in [0.1, 0.15) is 11.3 Å². The SMILES string of the molecule is Oc1ccc(C(F)(F)F)c2ccc(C3OCCO3)nc12. The standard InChI is InChI=1S/C13H10F3NO3/c14-13(15,16)8-2-4-10(18)11-7(8)1-3-9(17-11)12-19-5-6-20-12/h1-4,12,18H,5-6H2. The van der Waals surface area contributed by atoms with E-state index in [-0.39, 0.29) is 16.7 Å². The Bertz CT molecular complexity index is 651. The normalized spacial score (nSPS) is 16.9. The molecular weight excluding hydrogens is 275 g/mol. The van der Waals surface area contributed by atoms with E-state index in [9.17, 15) is 18.3 Å². The van der Waals surface area contributed by atoms with Gasteiger partial charge in [0.2, 0.25) is 6.29 Å². The van der Waals surface area contributed by atoms with E-state index in [1.807, 2.05) is 0 Å². The molecule has 20 heavy (non-hydrogen) atoms. The monoisotopic (exact) mass is 285 g/mol. The average Bonchev–Trinajstić information content (AvgIpc) is 2.91. The molecule has 0 unspecified atom stereocenters. The zero-order valence-electron chi connectivity index (χ0n) is 10.1. The highest BCUT2D eigenvalue weighted by Gasteiger charge is 2.33. The van der Waals surface area contributed by atoms with Gasteiger partial charge < -0.3 is 14.6 Å². The Morgan fingerprint density at radius 1 is 1.10 bits per heavy atom. The molecule has 2 heterocycles. The molecule has 1 saturated heterocycles. The van der Waals surface area contributed by atoms with Crippen molar-refractivity contribution in [2.75, 3.05) is 13.2 Å². The van der Waals surface area contributed by atoms with Crippen molar-refractivity contribution >= 4 is 10.9 Å². The maximum Gasteiger partial charge on any atom is 0.417 e. The molecule has 1 N–H and O–H groups in total. The van der Waals surface area contributed by atoms with Crippen molar-refractivity contribution in [2.45, 2.75) is 12.5 Å². The highest BCUT2D eigenvalue weighted by Crippen LogP contribution is 2.38. The van der Waals surface area contributed by atoms with Crippen LogP contribution in [0.1, 0.15) is 17.5 Å². The first-order chi connectivity index (χ1) is 9.47. The van der Waals surface area contributed by atoms with Gasteiger partial charge in [-0.1, -0.05) is 6.07 Å². The molecular formula is C13H10F3NO3. The number of halogens is 3. The number of fused-ring (bicyclic) bond motifs is 1. The van der Waals surface area contributed by atoms with Gasteiger partial charge in [-0.3, -0.25) is 0 Å². The number of alkyl halides is 3. The summed E-state index contributed by atoms with van der Waals surface area (Å²) in [4.78, 5) is 4.03. The van der Waals surface area contributed by atoms with Crippen LogP contribution < -0.4 is 0 Å². The van der Waals surface area contributed by atoms with Crippen LogP contribution in [0, 0.1) is 0 Å². The van der Waals surface area contributed by atoms with E-state index in [1.165, 1.54) is 12.1 Å². The minimum Gasteiger partial charge on any atom is -0.506 e. The summed E-state index contributed by atoms with van der Waals surface area (Å²) in [6.45, 7) is 0.803. The second-order valence-electron chi connectivity index (χ2n) is 4.34. The molecule has 7 heteroatoms. The summed E-state index contributed by atoms with van der Waals surface area (Å²) < 4.78 is 49.2. The summed E-state index contributed by atoms with van der Waals surface area (Å²) >= 11 is 0. The third-order valence-corrected chi connectivity index (χ3v) is 3.03. The van der Waals surface area contributed by atoms with Crippen LogP contribution in [-0.2, 0) is 15.7 Å². The molecule has 106 valence electrons. The van der Waals surface area contributed by atoms with Crippen molar-refractivity contribution in [3.05, 3.63) is 35.5 Å². The fourth-order valence-electron chi connectivity index (χ4n) is 2.13. The molecule has 0 bridgehead atoms. The summed E-state index contributed by atoms with van der Waals surface area (Å²) in [5, 5.41) is 9.56. The molecule has 3 rings (SSSR count). The van der Waals surface area contributed by atoms with E-state index in [0.717, 1.165) is 12.1 Å². The molecule has 1 aliphatic rings. The quantitative estimate of drug-likeness (QED) is 0.875. The lowest BCUT2D eigenvalue weighted by Gasteiger charge is -2.13. The zero-order valence-corrected chi connectivity index (χ0v) is 10.1. The number of phenolic OH excluding ortho intramolecular Hbond substituents is 1. The van der Waals surface area contributed by atoms with E-state index in [2.05, 4.69) is 4.98 Å². The third kappa shape index (κ3) is 2.19. The number of nitrogens with zero attached hydrogens (tertiary/aromatic N) is 1. The Balaban J connectivity index is 2.16. The van der Waals surface area contributed by atoms with Gasteiger partial charge in [0.25, 0.3) is 0 Å². The predicted octanol–water partition coefficient (Wildman–Crippen LogP) is 3.00. The highest BCUT2D eigenvalue weighted by atomic mass is 19.4. The molecule has 1 fully saturated rings. The van der Waals surface area contributed by atoms with Gasteiger partial charge in [-0.2, -0.15) is 13.2 Å². The second kappa shape index (κ2) is 4.60. The van der Waals surface area contributed by atoms with E-state index in [4.69, 9.17) is 9.47 Å². The van der Waals surface area contributed by atoms with Crippen molar-refractivity contribution in [1.29, 1.82) is 0 Å². The Morgan fingerprint density at radius 2 is 1.80 bits per heavy atom. The smallest absolute Gasteiger partial charge is 0.417 e. The molecule has 1 aromatic carbocycles. The van der Waals surface area contributed by atoms with Gasteiger partial charge >= 0.3 is 6.18 Å². The molecule has 0 atom stereocenters. The number of pyridine rings is 1. The molecule has 0 radical (unpaired) electrons. The molecule has 0 saturated carbocycles.